The molecule has 0 fully saturated rings. The van der Waals surface area contributed by atoms with E-state index in [2.05, 4.69) is 46.8 Å². The van der Waals surface area contributed by atoms with Crippen LogP contribution in [-0.2, 0) is 10.0 Å². The molecule has 0 amide bonds. The molecule has 0 unspecified atom stereocenters. The van der Waals surface area contributed by atoms with Crippen LogP contribution in [0.1, 0.15) is 5.56 Å². The summed E-state index contributed by atoms with van der Waals surface area (Å²) in [6.45, 7) is 1.88. The van der Waals surface area contributed by atoms with Gasteiger partial charge in [0.2, 0.25) is 5.13 Å². The second-order valence-electron chi connectivity index (χ2n) is 3.38. The maximum Gasteiger partial charge on any atom is 0.264 e. The summed E-state index contributed by atoms with van der Waals surface area (Å²) in [5.41, 5.74) is 2.40. The number of anilines is 1. The predicted molar refractivity (Wildman–Crippen MR) is 77.3 cm³/mol. The summed E-state index contributed by atoms with van der Waals surface area (Å²) in [7, 11) is -3.67. The Morgan fingerprint density at radius 3 is 2.61 bits per heavy atom. The summed E-state index contributed by atoms with van der Waals surface area (Å²) in [6, 6.07) is 3.28. The first-order valence-corrected chi connectivity index (χ1v) is 8.59. The summed E-state index contributed by atoms with van der Waals surface area (Å²) < 4.78 is 27.9. The van der Waals surface area contributed by atoms with Gasteiger partial charge in [-0.15, -0.1) is 10.2 Å². The molecule has 0 atom stereocenters. The Balaban J connectivity index is 2.44. The van der Waals surface area contributed by atoms with Gasteiger partial charge in [0.1, 0.15) is 10.4 Å². The Hall–Kier alpha value is -0.510. The first-order chi connectivity index (χ1) is 8.40. The highest BCUT2D eigenvalue weighted by atomic mass is 79.9. The van der Waals surface area contributed by atoms with E-state index in [1.54, 1.807) is 12.1 Å². The average molecular weight is 413 g/mol. The third kappa shape index (κ3) is 2.90. The third-order valence-corrected chi connectivity index (χ3v) is 5.97. The van der Waals surface area contributed by atoms with E-state index in [1.807, 2.05) is 6.92 Å². The SMILES string of the molecule is Cc1cc(Br)c(S(=O)(=O)Nc2nncs2)cc1Br. The number of rotatable bonds is 3. The van der Waals surface area contributed by atoms with Crippen LogP contribution in [0.5, 0.6) is 0 Å². The molecule has 0 saturated carbocycles. The van der Waals surface area contributed by atoms with Gasteiger partial charge in [0.05, 0.1) is 0 Å². The number of nitrogens with one attached hydrogen (secondary N) is 1. The van der Waals surface area contributed by atoms with Crippen molar-refractivity contribution in [2.24, 2.45) is 0 Å². The second-order valence-corrected chi connectivity index (χ2v) is 7.57. The van der Waals surface area contributed by atoms with Crippen LogP contribution in [0.15, 0.2) is 31.5 Å². The van der Waals surface area contributed by atoms with Crippen LogP contribution in [0.3, 0.4) is 0 Å². The number of halogens is 2. The number of hydrogen-bond donors (Lipinski definition) is 1. The molecule has 0 spiro atoms. The monoisotopic (exact) mass is 411 g/mol. The normalized spacial score (nSPS) is 11.5. The topological polar surface area (TPSA) is 72.0 Å². The number of sulfonamides is 1. The van der Waals surface area contributed by atoms with Gasteiger partial charge >= 0.3 is 0 Å². The van der Waals surface area contributed by atoms with Gasteiger partial charge in [0, 0.05) is 8.95 Å². The molecule has 0 aliphatic carbocycles. The van der Waals surface area contributed by atoms with Gasteiger partial charge in [-0.1, -0.05) is 27.3 Å². The molecule has 9 heteroatoms. The Bertz CT molecular complexity index is 671. The van der Waals surface area contributed by atoms with Crippen LogP contribution in [0.4, 0.5) is 5.13 Å². The summed E-state index contributed by atoms with van der Waals surface area (Å²) in [6.07, 6.45) is 0. The molecule has 1 aromatic heterocycles. The quantitative estimate of drug-likeness (QED) is 0.840. The molecule has 2 aromatic rings. The van der Waals surface area contributed by atoms with E-state index >= 15 is 0 Å². The van der Waals surface area contributed by atoms with Crippen molar-refractivity contribution in [3.05, 3.63) is 32.2 Å². The number of aryl methyl sites for hydroxylation is 1. The van der Waals surface area contributed by atoms with Gasteiger partial charge in [-0.2, -0.15) is 0 Å². The second kappa shape index (κ2) is 5.24. The minimum atomic E-state index is -3.67. The minimum absolute atomic E-state index is 0.148. The highest BCUT2D eigenvalue weighted by Gasteiger charge is 2.20. The van der Waals surface area contributed by atoms with E-state index in [4.69, 9.17) is 0 Å². The first kappa shape index (κ1) is 13.9. The van der Waals surface area contributed by atoms with Crippen LogP contribution in [0.25, 0.3) is 0 Å². The zero-order valence-corrected chi connectivity index (χ0v) is 13.8. The molecule has 96 valence electrons. The molecule has 1 N–H and O–H groups in total. The summed E-state index contributed by atoms with van der Waals surface area (Å²) in [4.78, 5) is 0.148. The number of benzene rings is 1. The Kier molecular flexibility index (Phi) is 4.05. The largest absolute Gasteiger partial charge is 0.264 e. The molecule has 0 bridgehead atoms. The summed E-state index contributed by atoms with van der Waals surface area (Å²) in [5.74, 6) is 0. The lowest BCUT2D eigenvalue weighted by Crippen LogP contribution is -2.13. The van der Waals surface area contributed by atoms with Gasteiger partial charge < -0.3 is 0 Å². The fourth-order valence-electron chi connectivity index (χ4n) is 1.22. The minimum Gasteiger partial charge on any atom is -0.253 e. The van der Waals surface area contributed by atoms with Crippen LogP contribution in [-0.4, -0.2) is 18.6 Å². The highest BCUT2D eigenvalue weighted by Crippen LogP contribution is 2.30. The Labute approximate surface area is 125 Å². The zero-order chi connectivity index (χ0) is 13.3. The maximum atomic E-state index is 12.2. The van der Waals surface area contributed by atoms with Gasteiger partial charge in [0.25, 0.3) is 10.0 Å². The number of nitrogens with zero attached hydrogens (tertiary/aromatic N) is 2. The van der Waals surface area contributed by atoms with E-state index in [0.717, 1.165) is 21.4 Å². The van der Waals surface area contributed by atoms with E-state index < -0.39 is 10.0 Å². The van der Waals surface area contributed by atoms with E-state index in [0.29, 0.717) is 4.47 Å². The van der Waals surface area contributed by atoms with E-state index in [-0.39, 0.29) is 10.0 Å². The fraction of sp³-hybridized carbons (Fsp3) is 0.111. The Morgan fingerprint density at radius 1 is 1.28 bits per heavy atom. The average Bonchev–Trinajstić information content (AvgIpc) is 2.75. The van der Waals surface area contributed by atoms with Crippen molar-refractivity contribution in [1.82, 2.24) is 10.2 Å². The van der Waals surface area contributed by atoms with Crippen molar-refractivity contribution in [2.45, 2.75) is 11.8 Å². The standard InChI is InChI=1S/C9H7Br2N3O2S2/c1-5-2-7(11)8(3-6(5)10)18(15,16)14-9-13-12-4-17-9/h2-4H,1H3,(H,13,14). The lowest BCUT2D eigenvalue weighted by Gasteiger charge is -2.09. The molecule has 2 rings (SSSR count). The van der Waals surface area contributed by atoms with Gasteiger partial charge in [-0.05, 0) is 40.5 Å². The molecule has 1 heterocycles. The van der Waals surface area contributed by atoms with Crippen LogP contribution in [0, 0.1) is 6.92 Å². The van der Waals surface area contributed by atoms with Gasteiger partial charge in [-0.25, -0.2) is 8.42 Å². The van der Waals surface area contributed by atoms with Gasteiger partial charge in [0.15, 0.2) is 0 Å². The summed E-state index contributed by atoms with van der Waals surface area (Å²) >= 11 is 7.68. The first-order valence-electron chi connectivity index (χ1n) is 4.65. The molecular weight excluding hydrogens is 406 g/mol. The zero-order valence-electron chi connectivity index (χ0n) is 9.02. The van der Waals surface area contributed by atoms with Crippen molar-refractivity contribution in [3.63, 3.8) is 0 Å². The smallest absolute Gasteiger partial charge is 0.253 e. The summed E-state index contributed by atoms with van der Waals surface area (Å²) in [5, 5.41) is 7.46. The molecule has 0 saturated heterocycles. The number of aromatic nitrogens is 2. The lowest BCUT2D eigenvalue weighted by atomic mass is 10.2. The van der Waals surface area contributed by atoms with Crippen LogP contribution in [0.2, 0.25) is 0 Å². The molecule has 1 aromatic carbocycles. The van der Waals surface area contributed by atoms with Crippen molar-refractivity contribution >= 4 is 58.4 Å². The van der Waals surface area contributed by atoms with Crippen molar-refractivity contribution < 1.29 is 8.42 Å². The predicted octanol–water partition coefficient (Wildman–Crippen LogP) is 3.17. The Morgan fingerprint density at radius 2 is 2.00 bits per heavy atom. The van der Waals surface area contributed by atoms with Gasteiger partial charge in [-0.3, -0.25) is 4.72 Å². The molecular formula is C9H7Br2N3O2S2. The van der Waals surface area contributed by atoms with E-state index in [9.17, 15) is 8.42 Å². The molecule has 0 aliphatic heterocycles. The third-order valence-electron chi connectivity index (χ3n) is 2.08. The van der Waals surface area contributed by atoms with Crippen molar-refractivity contribution in [1.29, 1.82) is 0 Å². The molecule has 5 nitrogen and oxygen atoms in total. The fourth-order valence-corrected chi connectivity index (χ4v) is 4.59. The van der Waals surface area contributed by atoms with Crippen molar-refractivity contribution in [2.75, 3.05) is 4.72 Å². The lowest BCUT2D eigenvalue weighted by molar-refractivity contribution is 0.600. The highest BCUT2D eigenvalue weighted by molar-refractivity contribution is 9.11. The van der Waals surface area contributed by atoms with Crippen LogP contribution >= 0.6 is 43.2 Å². The molecule has 18 heavy (non-hydrogen) atoms. The van der Waals surface area contributed by atoms with Crippen LogP contribution < -0.4 is 4.72 Å². The van der Waals surface area contributed by atoms with Crippen molar-refractivity contribution in [3.8, 4) is 0 Å². The number of hydrogen-bond acceptors (Lipinski definition) is 5. The van der Waals surface area contributed by atoms with E-state index in [1.165, 1.54) is 5.51 Å². The molecule has 0 radical (unpaired) electrons. The molecule has 0 aliphatic rings. The maximum absolute atomic E-state index is 12.2.